The molecule has 10 N–H and O–H groups in total. The van der Waals surface area contributed by atoms with Gasteiger partial charge in [0.25, 0.3) is 5.69 Å². The average Bonchev–Trinajstić information content (AvgIpc) is 0.790. The topological polar surface area (TPSA) is 289 Å². The van der Waals surface area contributed by atoms with E-state index in [2.05, 4.69) is 189 Å². The monoisotopic (exact) mass is 1620 g/mol. The SMILES string of the molecule is CC(c1ccccc1)(c1ccc(O)cc1)c1ccc(O)cc1.CN(C)c1ccc(C(c2ccccc2)c2ccc(O)cc2O)cc1.CN(C)c1cccc(C(c2ccccc2)c2cccc(N(C)C)c2)c1.O=C(O)c1cc(C(c2cccc([N+](=O)[O-])c2)c2ccc(O)c(C(=O)O)c2)ccc1O.Oc1ccc(C(c2ccccc2)c2ccc(O)cc2)cc1. The van der Waals surface area contributed by atoms with Crippen LogP contribution in [0.15, 0.2) is 370 Å². The number of phenols is 8. The maximum absolute atomic E-state index is 11.4. The molecule has 18 nitrogen and oxygen atoms in total. The standard InChI is InChI=1S/C23H26N2.C21H15NO8.C21H21NO2.C20H18O2.C19H16O2/c1-24(2)21-14-8-12-19(16-21)23(18-10-6-5-7-11-18)20-13-9-15-22(17-20)25(3)4;23-17-6-4-12(9-15(17)20(25)26)19(11-2-1-3-14(8-11)22(29)30)13-5-7-18(24)16(10-13)21(27)28;1-22(2)17-10-8-16(9-11-17)21(15-6-4-3-5-7-15)19-13-12-18(23)14-20(19)24;1-20(15-5-3-2-4-6-15,16-7-11-18(21)12-8-16)17-9-13-19(22)14-10-17;20-17-10-6-15(7-11-17)19(14-4-2-1-3-5-14)16-8-12-18(21)13-9-16/h5-17,23H,1-4H3;1-10,19,23-24H,(H,25,26)(H,27,28);3-14,21,23-24H,1-2H3;2-14,21-22H,1H3;1-13,19-21H. The molecule has 0 aliphatic rings. The molecule has 0 aromatic heterocycles. The van der Waals surface area contributed by atoms with E-state index in [1.165, 1.54) is 94.3 Å². The average molecular weight is 1630 g/mol. The van der Waals surface area contributed by atoms with Crippen molar-refractivity contribution in [3.8, 4) is 46.0 Å². The smallest absolute Gasteiger partial charge is 0.339 e. The molecule has 616 valence electrons. The zero-order valence-electron chi connectivity index (χ0n) is 68.4. The van der Waals surface area contributed by atoms with Crippen LogP contribution in [0.1, 0.15) is 135 Å². The van der Waals surface area contributed by atoms with E-state index in [1.807, 2.05) is 117 Å². The number of rotatable bonds is 21. The van der Waals surface area contributed by atoms with Gasteiger partial charge in [0.15, 0.2) is 0 Å². The second-order valence-electron chi connectivity index (χ2n) is 30.0. The number of aromatic hydroxyl groups is 8. The summed E-state index contributed by atoms with van der Waals surface area (Å²) in [5, 5.41) is 108. The van der Waals surface area contributed by atoms with E-state index in [1.54, 1.807) is 66.7 Å². The molecule has 0 aliphatic carbocycles. The predicted molar refractivity (Wildman–Crippen MR) is 483 cm³/mol. The molecule has 15 aromatic rings. The summed E-state index contributed by atoms with van der Waals surface area (Å²) in [6.45, 7) is 2.15. The molecule has 0 saturated carbocycles. The normalized spacial score (nSPS) is 11.1. The summed E-state index contributed by atoms with van der Waals surface area (Å²) in [5.41, 5.74) is 17.0. The highest BCUT2D eigenvalue weighted by Crippen LogP contribution is 2.44. The van der Waals surface area contributed by atoms with E-state index in [0.29, 0.717) is 16.7 Å². The molecule has 0 amide bonds. The number of carboxylic acids is 2. The summed E-state index contributed by atoms with van der Waals surface area (Å²) in [4.78, 5) is 39.9. The second-order valence-corrected chi connectivity index (χ2v) is 30.0. The second kappa shape index (κ2) is 40.5. The quantitative estimate of drug-likeness (QED) is 0.0182. The lowest BCUT2D eigenvalue weighted by molar-refractivity contribution is -0.384. The van der Waals surface area contributed by atoms with E-state index < -0.39 is 34.3 Å². The van der Waals surface area contributed by atoms with Crippen LogP contribution in [0.5, 0.6) is 46.0 Å². The van der Waals surface area contributed by atoms with Crippen molar-refractivity contribution in [2.75, 3.05) is 57.0 Å². The minimum absolute atomic E-state index is 0.0611. The fourth-order valence-corrected chi connectivity index (χ4v) is 14.7. The van der Waals surface area contributed by atoms with Crippen molar-refractivity contribution < 1.29 is 65.6 Å². The third kappa shape index (κ3) is 22.0. The lowest BCUT2D eigenvalue weighted by Gasteiger charge is -2.32. The Morgan fingerprint density at radius 1 is 0.279 bits per heavy atom. The summed E-state index contributed by atoms with van der Waals surface area (Å²) in [6.07, 6.45) is 0. The van der Waals surface area contributed by atoms with Crippen molar-refractivity contribution in [1.82, 2.24) is 0 Å². The number of non-ortho nitro benzene ring substituents is 1. The van der Waals surface area contributed by atoms with E-state index in [0.717, 1.165) is 50.2 Å². The minimum atomic E-state index is -1.37. The molecule has 122 heavy (non-hydrogen) atoms. The summed E-state index contributed by atoms with van der Waals surface area (Å²) in [7, 11) is 12.4. The Bertz CT molecular complexity index is 5760. The van der Waals surface area contributed by atoms with Crippen LogP contribution in [0.2, 0.25) is 0 Å². The van der Waals surface area contributed by atoms with Crippen molar-refractivity contribution in [1.29, 1.82) is 0 Å². The Kier molecular flexibility index (Phi) is 29.0. The highest BCUT2D eigenvalue weighted by atomic mass is 16.6. The number of hydrogen-bond donors (Lipinski definition) is 10. The zero-order chi connectivity index (χ0) is 87.2. The van der Waals surface area contributed by atoms with Crippen LogP contribution in [0.3, 0.4) is 0 Å². The number of aromatic carboxylic acids is 2. The first-order valence-corrected chi connectivity index (χ1v) is 39.2. The minimum Gasteiger partial charge on any atom is -0.508 e. The number of nitro benzene ring substituents is 1. The predicted octanol–water partition coefficient (Wildman–Crippen LogP) is 21.7. The molecule has 0 aliphatic heterocycles. The Labute approximate surface area is 710 Å². The van der Waals surface area contributed by atoms with Gasteiger partial charge >= 0.3 is 11.9 Å². The third-order valence-electron chi connectivity index (χ3n) is 21.2. The molecule has 15 aromatic carbocycles. The lowest BCUT2D eigenvalue weighted by atomic mass is 9.71. The van der Waals surface area contributed by atoms with Gasteiger partial charge in [-0.15, -0.1) is 0 Å². The Morgan fingerprint density at radius 2 is 0.566 bits per heavy atom. The van der Waals surface area contributed by atoms with Crippen LogP contribution in [0.4, 0.5) is 22.7 Å². The summed E-state index contributed by atoms with van der Waals surface area (Å²) < 4.78 is 0. The van der Waals surface area contributed by atoms with Crippen molar-refractivity contribution in [2.45, 2.75) is 36.0 Å². The van der Waals surface area contributed by atoms with Gasteiger partial charge in [0.05, 0.1) is 4.92 Å². The molecular formula is C104H96N4O14. The van der Waals surface area contributed by atoms with Crippen LogP contribution in [0.25, 0.3) is 0 Å². The van der Waals surface area contributed by atoms with Crippen molar-refractivity contribution >= 4 is 34.7 Å². The fraction of sp³-hybridized carbons (Fsp3) is 0.115. The van der Waals surface area contributed by atoms with Crippen molar-refractivity contribution in [2.24, 2.45) is 0 Å². The number of carbonyl (C=O) groups is 2. The molecule has 15 rings (SSSR count). The number of hydrogen-bond acceptors (Lipinski definition) is 15. The molecule has 1 unspecified atom stereocenters. The first-order valence-electron chi connectivity index (χ1n) is 39.2. The van der Waals surface area contributed by atoms with E-state index in [9.17, 15) is 70.8 Å². The Balaban J connectivity index is 0.000000150. The van der Waals surface area contributed by atoms with Crippen LogP contribution in [-0.2, 0) is 5.41 Å². The Morgan fingerprint density at radius 3 is 0.943 bits per heavy atom. The van der Waals surface area contributed by atoms with Crippen molar-refractivity contribution in [3.63, 3.8) is 0 Å². The molecule has 18 heteroatoms. The van der Waals surface area contributed by atoms with Crippen molar-refractivity contribution in [3.05, 3.63) is 475 Å². The molecule has 0 spiro atoms. The van der Waals surface area contributed by atoms with Crippen LogP contribution < -0.4 is 14.7 Å². The van der Waals surface area contributed by atoms with Gasteiger partial charge in [0.1, 0.15) is 57.1 Å². The number of phenolic OH excluding ortho intramolecular Hbond substituents is 6. The number of anilines is 3. The number of benzene rings is 15. The lowest BCUT2D eigenvalue weighted by Crippen LogP contribution is -2.25. The van der Waals surface area contributed by atoms with E-state index in [-0.39, 0.29) is 74.5 Å². The molecule has 0 saturated heterocycles. The van der Waals surface area contributed by atoms with Crippen LogP contribution >= 0.6 is 0 Å². The highest BCUT2D eigenvalue weighted by Gasteiger charge is 2.32. The van der Waals surface area contributed by atoms with Gasteiger partial charge in [-0.25, -0.2) is 9.59 Å². The first kappa shape index (κ1) is 87.3. The van der Waals surface area contributed by atoms with E-state index >= 15 is 0 Å². The first-order chi connectivity index (χ1) is 58.6. The number of nitrogens with zero attached hydrogens (tertiary/aromatic N) is 4. The van der Waals surface area contributed by atoms with Gasteiger partial charge in [-0.1, -0.05) is 237 Å². The molecule has 0 bridgehead atoms. The molecule has 0 fully saturated rings. The number of carboxylic acid groups (broad SMARTS) is 2. The molecule has 0 radical (unpaired) electrons. The van der Waals surface area contributed by atoms with Gasteiger partial charge in [0, 0.05) is 112 Å². The third-order valence-corrected chi connectivity index (χ3v) is 21.2. The summed E-state index contributed by atoms with van der Waals surface area (Å²) >= 11 is 0. The van der Waals surface area contributed by atoms with E-state index in [4.69, 9.17) is 0 Å². The highest BCUT2D eigenvalue weighted by molar-refractivity contribution is 5.92. The maximum Gasteiger partial charge on any atom is 0.339 e. The number of nitro groups is 1. The largest absolute Gasteiger partial charge is 0.508 e. The molecular weight excluding hydrogens is 1530 g/mol. The van der Waals surface area contributed by atoms with Gasteiger partial charge in [0.2, 0.25) is 0 Å². The van der Waals surface area contributed by atoms with Gasteiger partial charge in [-0.2, -0.15) is 0 Å². The van der Waals surface area contributed by atoms with Crippen LogP contribution in [-0.4, -0.2) is 110 Å². The van der Waals surface area contributed by atoms with Crippen LogP contribution in [0, 0.1) is 10.1 Å². The molecule has 0 heterocycles. The fourth-order valence-electron chi connectivity index (χ4n) is 14.7. The zero-order valence-corrected chi connectivity index (χ0v) is 68.4. The Hall–Kier alpha value is -15.6. The van der Waals surface area contributed by atoms with Gasteiger partial charge in [-0.05, 0) is 200 Å². The molecule has 1 atom stereocenters. The van der Waals surface area contributed by atoms with Gasteiger partial charge in [-0.3, -0.25) is 10.1 Å². The maximum atomic E-state index is 11.4. The summed E-state index contributed by atoms with van der Waals surface area (Å²) in [6, 6.07) is 114. The van der Waals surface area contributed by atoms with Gasteiger partial charge < -0.3 is 65.8 Å². The summed E-state index contributed by atoms with van der Waals surface area (Å²) in [5.74, 6) is -3.07.